The first-order valence-electron chi connectivity index (χ1n) is 10.9. The van der Waals surface area contributed by atoms with E-state index in [1.54, 1.807) is 7.11 Å². The predicted octanol–water partition coefficient (Wildman–Crippen LogP) is 4.02. The minimum atomic E-state index is 0. The van der Waals surface area contributed by atoms with Crippen LogP contribution in [0.1, 0.15) is 71.1 Å². The highest BCUT2D eigenvalue weighted by Crippen LogP contribution is 2.44. The molecule has 0 aromatic heterocycles. The number of rotatable bonds is 11. The van der Waals surface area contributed by atoms with Gasteiger partial charge in [0.25, 0.3) is 0 Å². The first kappa shape index (κ1) is 25.0. The van der Waals surface area contributed by atoms with Gasteiger partial charge in [0.05, 0.1) is 0 Å². The van der Waals surface area contributed by atoms with Crippen LogP contribution in [0.4, 0.5) is 0 Å². The fourth-order valence-electron chi connectivity index (χ4n) is 4.31. The highest BCUT2D eigenvalue weighted by Gasteiger charge is 2.36. The lowest BCUT2D eigenvalue weighted by Gasteiger charge is -2.40. The third-order valence-electron chi connectivity index (χ3n) is 6.35. The summed E-state index contributed by atoms with van der Waals surface area (Å²) < 4.78 is 5.29. The molecule has 27 heavy (non-hydrogen) atoms. The fourth-order valence-corrected chi connectivity index (χ4v) is 4.31. The number of ether oxygens (including phenoxy) is 1. The van der Waals surface area contributed by atoms with Gasteiger partial charge in [-0.25, -0.2) is 0 Å². The van der Waals surface area contributed by atoms with Gasteiger partial charge in [-0.2, -0.15) is 0 Å². The number of guanidine groups is 1. The van der Waals surface area contributed by atoms with Crippen LogP contribution in [-0.4, -0.2) is 63.8 Å². The normalized spacial score (nSPS) is 20.1. The minimum Gasteiger partial charge on any atom is -0.385 e. The summed E-state index contributed by atoms with van der Waals surface area (Å²) in [5, 5.41) is 6.94. The number of methoxy groups -OCH3 is 1. The Kier molecular flexibility index (Phi) is 12.9. The number of nitrogens with zero attached hydrogens (tertiary/aromatic N) is 2. The topological polar surface area (TPSA) is 48.9 Å². The molecule has 2 saturated carbocycles. The lowest BCUT2D eigenvalue weighted by atomic mass is 9.67. The van der Waals surface area contributed by atoms with Crippen molar-refractivity contribution in [3.63, 3.8) is 0 Å². The van der Waals surface area contributed by atoms with Crippen molar-refractivity contribution in [2.45, 2.75) is 77.2 Å². The van der Waals surface area contributed by atoms with E-state index in [0.717, 1.165) is 44.7 Å². The van der Waals surface area contributed by atoms with Gasteiger partial charge in [0.1, 0.15) is 0 Å². The summed E-state index contributed by atoms with van der Waals surface area (Å²) in [5.41, 5.74) is 0.388. The molecule has 2 rings (SSSR count). The van der Waals surface area contributed by atoms with E-state index in [0.29, 0.717) is 5.41 Å². The molecular formula is C21H43IN4O. The summed E-state index contributed by atoms with van der Waals surface area (Å²) >= 11 is 0. The Bertz CT molecular complexity index is 409. The lowest BCUT2D eigenvalue weighted by molar-refractivity contribution is 0.0778. The number of halogens is 1. The third kappa shape index (κ3) is 8.86. The van der Waals surface area contributed by atoms with Crippen LogP contribution >= 0.6 is 24.0 Å². The van der Waals surface area contributed by atoms with Gasteiger partial charge in [-0.1, -0.05) is 25.7 Å². The quantitative estimate of drug-likeness (QED) is 0.197. The Morgan fingerprint density at radius 3 is 2.48 bits per heavy atom. The molecule has 0 aliphatic heterocycles. The number of hydrogen-bond acceptors (Lipinski definition) is 3. The van der Waals surface area contributed by atoms with Crippen molar-refractivity contribution < 1.29 is 4.74 Å². The number of nitrogens with one attached hydrogen (secondary N) is 2. The second kappa shape index (κ2) is 14.0. The standard InChI is InChI=1S/C21H42N4O.HI/c1-4-22-20(24-18-21(12-8-13-21)14-17-26-3)23-15-9-16-25(2)19-10-6-5-7-11-19;/h19H,4-18H2,1-3H3,(H2,22,23,24);1H. The maximum Gasteiger partial charge on any atom is 0.191 e. The molecule has 0 radical (unpaired) electrons. The molecule has 0 amide bonds. The molecule has 2 N–H and O–H groups in total. The van der Waals surface area contributed by atoms with Gasteiger partial charge in [0.2, 0.25) is 0 Å². The van der Waals surface area contributed by atoms with E-state index in [-0.39, 0.29) is 24.0 Å². The summed E-state index contributed by atoms with van der Waals surface area (Å²) in [6.45, 7) is 7.00. The zero-order valence-electron chi connectivity index (χ0n) is 17.9. The molecule has 6 heteroatoms. The van der Waals surface area contributed by atoms with Gasteiger partial charge >= 0.3 is 0 Å². The van der Waals surface area contributed by atoms with Crippen LogP contribution in [-0.2, 0) is 4.74 Å². The van der Waals surface area contributed by atoms with E-state index in [4.69, 9.17) is 9.73 Å². The molecule has 2 aliphatic rings. The van der Waals surface area contributed by atoms with Crippen molar-refractivity contribution in [3.05, 3.63) is 0 Å². The molecule has 2 fully saturated rings. The molecule has 0 saturated heterocycles. The van der Waals surface area contributed by atoms with E-state index >= 15 is 0 Å². The Balaban J connectivity index is 0.00000364. The van der Waals surface area contributed by atoms with Gasteiger partial charge in [-0.05, 0) is 64.5 Å². The fraction of sp³-hybridized carbons (Fsp3) is 0.952. The summed E-state index contributed by atoms with van der Waals surface area (Å²) in [4.78, 5) is 7.46. The molecule has 0 aromatic carbocycles. The maximum atomic E-state index is 5.29. The highest BCUT2D eigenvalue weighted by atomic mass is 127. The van der Waals surface area contributed by atoms with Crippen LogP contribution in [0.25, 0.3) is 0 Å². The molecule has 0 spiro atoms. The minimum absolute atomic E-state index is 0. The molecule has 160 valence electrons. The molecule has 2 aliphatic carbocycles. The largest absolute Gasteiger partial charge is 0.385 e. The second-order valence-corrected chi connectivity index (χ2v) is 8.34. The van der Waals surface area contributed by atoms with E-state index < -0.39 is 0 Å². The molecular weight excluding hydrogens is 451 g/mol. The van der Waals surface area contributed by atoms with E-state index in [2.05, 4.69) is 29.5 Å². The predicted molar refractivity (Wildman–Crippen MR) is 126 cm³/mol. The van der Waals surface area contributed by atoms with Crippen molar-refractivity contribution in [2.24, 2.45) is 10.4 Å². The molecule has 0 atom stereocenters. The number of aliphatic imine (C=N–C) groups is 1. The Hall–Kier alpha value is -0.0800. The zero-order chi connectivity index (χ0) is 18.7. The smallest absolute Gasteiger partial charge is 0.191 e. The molecule has 5 nitrogen and oxygen atoms in total. The van der Waals surface area contributed by atoms with Gasteiger partial charge in [0, 0.05) is 39.4 Å². The first-order chi connectivity index (χ1) is 12.7. The van der Waals surface area contributed by atoms with E-state index in [1.807, 2.05) is 0 Å². The highest BCUT2D eigenvalue weighted by molar-refractivity contribution is 14.0. The molecule has 0 unspecified atom stereocenters. The average molecular weight is 495 g/mol. The summed E-state index contributed by atoms with van der Waals surface area (Å²) in [5.74, 6) is 0.983. The van der Waals surface area contributed by atoms with Crippen LogP contribution in [0.15, 0.2) is 4.99 Å². The molecule has 0 bridgehead atoms. The van der Waals surface area contributed by atoms with Crippen LogP contribution in [0.2, 0.25) is 0 Å². The summed E-state index contributed by atoms with van der Waals surface area (Å²) in [7, 11) is 4.09. The van der Waals surface area contributed by atoms with Crippen LogP contribution < -0.4 is 10.6 Å². The van der Waals surface area contributed by atoms with Crippen LogP contribution in [0, 0.1) is 5.41 Å². The number of hydrogen-bond donors (Lipinski definition) is 2. The zero-order valence-corrected chi connectivity index (χ0v) is 20.2. The second-order valence-electron chi connectivity index (χ2n) is 8.34. The molecule has 0 heterocycles. The van der Waals surface area contributed by atoms with Gasteiger partial charge < -0.3 is 20.3 Å². The molecule has 0 aromatic rings. The van der Waals surface area contributed by atoms with E-state index in [1.165, 1.54) is 64.3 Å². The first-order valence-corrected chi connectivity index (χ1v) is 10.9. The Morgan fingerprint density at radius 1 is 1.15 bits per heavy atom. The van der Waals surface area contributed by atoms with Gasteiger partial charge in [0.15, 0.2) is 5.96 Å². The van der Waals surface area contributed by atoms with Crippen molar-refractivity contribution >= 4 is 29.9 Å². The van der Waals surface area contributed by atoms with Crippen LogP contribution in [0.3, 0.4) is 0 Å². The monoisotopic (exact) mass is 494 g/mol. The summed E-state index contributed by atoms with van der Waals surface area (Å²) in [6, 6.07) is 0.810. The Morgan fingerprint density at radius 2 is 1.89 bits per heavy atom. The SMILES string of the molecule is CCNC(=NCC1(CCOC)CCC1)NCCCN(C)C1CCCCC1.I. The Labute approximate surface area is 184 Å². The van der Waals surface area contributed by atoms with Crippen molar-refractivity contribution in [1.29, 1.82) is 0 Å². The van der Waals surface area contributed by atoms with Crippen molar-refractivity contribution in [2.75, 3.05) is 46.9 Å². The van der Waals surface area contributed by atoms with Crippen molar-refractivity contribution in [1.82, 2.24) is 15.5 Å². The van der Waals surface area contributed by atoms with Crippen LogP contribution in [0.5, 0.6) is 0 Å². The summed E-state index contributed by atoms with van der Waals surface area (Å²) in [6.07, 6.45) is 13.3. The lowest BCUT2D eigenvalue weighted by Crippen LogP contribution is -2.41. The average Bonchev–Trinajstić information content (AvgIpc) is 2.64. The third-order valence-corrected chi connectivity index (χ3v) is 6.35. The maximum absolute atomic E-state index is 5.29. The van der Waals surface area contributed by atoms with E-state index in [9.17, 15) is 0 Å². The van der Waals surface area contributed by atoms with Crippen molar-refractivity contribution in [3.8, 4) is 0 Å². The van der Waals surface area contributed by atoms with Gasteiger partial charge in [-0.3, -0.25) is 4.99 Å². The van der Waals surface area contributed by atoms with Gasteiger partial charge in [-0.15, -0.1) is 24.0 Å².